The lowest BCUT2D eigenvalue weighted by Gasteiger charge is -2.35. The van der Waals surface area contributed by atoms with Crippen molar-refractivity contribution in [2.75, 3.05) is 0 Å². The van der Waals surface area contributed by atoms with Gasteiger partial charge in [-0.15, -0.1) is 0 Å². The van der Waals surface area contributed by atoms with Crippen molar-refractivity contribution in [3.63, 3.8) is 0 Å². The summed E-state index contributed by atoms with van der Waals surface area (Å²) >= 11 is 0. The van der Waals surface area contributed by atoms with Gasteiger partial charge in [-0.25, -0.2) is 4.79 Å². The van der Waals surface area contributed by atoms with Gasteiger partial charge in [0.15, 0.2) is 0 Å². The zero-order valence-corrected chi connectivity index (χ0v) is 14.2. The summed E-state index contributed by atoms with van der Waals surface area (Å²) in [4.78, 5) is 11.8. The van der Waals surface area contributed by atoms with Gasteiger partial charge in [0.05, 0.1) is 0 Å². The zero-order valence-electron chi connectivity index (χ0n) is 14.2. The summed E-state index contributed by atoms with van der Waals surface area (Å²) in [5.41, 5.74) is -0.423. The molecule has 0 aromatic carbocycles. The molecule has 0 aromatic heterocycles. The van der Waals surface area contributed by atoms with Crippen LogP contribution < -0.4 is 10.6 Å². The molecule has 0 radical (unpaired) electrons. The summed E-state index contributed by atoms with van der Waals surface area (Å²) in [5, 5.41) is 6.74. The van der Waals surface area contributed by atoms with Crippen LogP contribution in [0.2, 0.25) is 0 Å². The fourth-order valence-electron chi connectivity index (χ4n) is 3.44. The smallest absolute Gasteiger partial charge is 0.407 e. The van der Waals surface area contributed by atoms with Crippen molar-refractivity contribution < 1.29 is 9.53 Å². The van der Waals surface area contributed by atoms with E-state index in [-0.39, 0.29) is 12.1 Å². The molecule has 1 amide bonds. The molecule has 21 heavy (non-hydrogen) atoms. The van der Waals surface area contributed by atoms with Gasteiger partial charge < -0.3 is 15.4 Å². The highest BCUT2D eigenvalue weighted by Gasteiger charge is 2.42. The fourth-order valence-corrected chi connectivity index (χ4v) is 3.44. The van der Waals surface area contributed by atoms with Crippen LogP contribution in [0, 0.1) is 11.8 Å². The molecule has 0 bridgehead atoms. The first-order valence-electron chi connectivity index (χ1n) is 8.52. The summed E-state index contributed by atoms with van der Waals surface area (Å²) in [6, 6.07) is 1.30. The lowest BCUT2D eigenvalue weighted by molar-refractivity contribution is 0.0521. The number of carbonyl (C=O) groups is 1. The summed E-state index contributed by atoms with van der Waals surface area (Å²) in [6.45, 7) is 10.3. The van der Waals surface area contributed by atoms with Gasteiger partial charge in [0.2, 0.25) is 0 Å². The summed E-state index contributed by atoms with van der Waals surface area (Å²) in [7, 11) is 0. The quantitative estimate of drug-likeness (QED) is 0.835. The molecule has 122 valence electrons. The summed E-state index contributed by atoms with van der Waals surface area (Å²) in [6.07, 6.45) is 6.05. The number of carbonyl (C=O) groups excluding carboxylic acids is 1. The van der Waals surface area contributed by atoms with Crippen LogP contribution in [0.3, 0.4) is 0 Å². The van der Waals surface area contributed by atoms with Crippen molar-refractivity contribution in [1.82, 2.24) is 10.6 Å². The van der Waals surface area contributed by atoms with E-state index in [4.69, 9.17) is 4.74 Å². The zero-order chi connectivity index (χ0) is 15.6. The molecular weight excluding hydrogens is 264 g/mol. The Bertz CT molecular complexity index is 362. The Morgan fingerprint density at radius 2 is 1.76 bits per heavy atom. The first kappa shape index (κ1) is 16.6. The Labute approximate surface area is 129 Å². The average Bonchev–Trinajstić information content (AvgIpc) is 3.04. The summed E-state index contributed by atoms with van der Waals surface area (Å²) in [5.74, 6) is 1.51. The number of alkyl carbamates (subject to hydrolysis) is 1. The Kier molecular flexibility index (Phi) is 5.18. The van der Waals surface area contributed by atoms with Crippen molar-refractivity contribution in [1.29, 1.82) is 0 Å². The van der Waals surface area contributed by atoms with Crippen molar-refractivity contribution in [3.8, 4) is 0 Å². The second kappa shape index (κ2) is 6.55. The fraction of sp³-hybridized carbons (Fsp3) is 0.941. The van der Waals surface area contributed by atoms with E-state index in [1.165, 1.54) is 25.7 Å². The van der Waals surface area contributed by atoms with E-state index >= 15 is 0 Å². The SMILES string of the molecule is CC(C)C1CCCCC1NC1CC1NC(=O)OC(C)(C)C. The predicted molar refractivity (Wildman–Crippen MR) is 85.3 cm³/mol. The largest absolute Gasteiger partial charge is 0.444 e. The van der Waals surface area contributed by atoms with Gasteiger partial charge in [-0.1, -0.05) is 26.7 Å². The lowest BCUT2D eigenvalue weighted by atomic mass is 9.78. The van der Waals surface area contributed by atoms with Crippen molar-refractivity contribution >= 4 is 6.09 Å². The van der Waals surface area contributed by atoms with Crippen LogP contribution in [-0.4, -0.2) is 29.8 Å². The number of ether oxygens (including phenoxy) is 1. The van der Waals surface area contributed by atoms with Gasteiger partial charge in [-0.3, -0.25) is 0 Å². The van der Waals surface area contributed by atoms with Gasteiger partial charge in [0, 0.05) is 18.1 Å². The molecule has 0 aliphatic heterocycles. The maximum atomic E-state index is 11.8. The van der Waals surface area contributed by atoms with Crippen LogP contribution in [0.4, 0.5) is 4.79 Å². The highest BCUT2D eigenvalue weighted by Crippen LogP contribution is 2.33. The van der Waals surface area contributed by atoms with E-state index in [9.17, 15) is 4.79 Å². The number of hydrogen-bond acceptors (Lipinski definition) is 3. The molecule has 0 saturated heterocycles. The molecule has 0 aromatic rings. The molecular formula is C17H32N2O2. The average molecular weight is 296 g/mol. The monoisotopic (exact) mass is 296 g/mol. The lowest BCUT2D eigenvalue weighted by Crippen LogP contribution is -2.44. The van der Waals surface area contributed by atoms with Gasteiger partial charge >= 0.3 is 6.09 Å². The number of hydrogen-bond donors (Lipinski definition) is 2. The third kappa shape index (κ3) is 5.17. The normalized spacial score (nSPS) is 32.9. The first-order valence-corrected chi connectivity index (χ1v) is 8.52. The van der Waals surface area contributed by atoms with E-state index in [1.807, 2.05) is 20.8 Å². The Hall–Kier alpha value is -0.770. The maximum Gasteiger partial charge on any atom is 0.407 e. The molecule has 4 atom stereocenters. The van der Waals surface area contributed by atoms with Crippen LogP contribution in [-0.2, 0) is 4.74 Å². The molecule has 2 saturated carbocycles. The predicted octanol–water partition coefficient (Wildman–Crippen LogP) is 3.46. The second-order valence-corrected chi connectivity index (χ2v) is 8.06. The summed E-state index contributed by atoms with van der Waals surface area (Å²) < 4.78 is 5.31. The van der Waals surface area contributed by atoms with Gasteiger partial charge in [-0.05, 0) is 51.9 Å². The van der Waals surface area contributed by atoms with Crippen molar-refractivity contribution in [2.45, 2.75) is 90.4 Å². The minimum Gasteiger partial charge on any atom is -0.444 e. The number of rotatable bonds is 4. The van der Waals surface area contributed by atoms with Gasteiger partial charge in [-0.2, -0.15) is 0 Å². The highest BCUT2D eigenvalue weighted by molar-refractivity contribution is 5.68. The molecule has 4 unspecified atom stereocenters. The minimum absolute atomic E-state index is 0.245. The molecule has 4 nitrogen and oxygen atoms in total. The Morgan fingerprint density at radius 3 is 2.38 bits per heavy atom. The maximum absolute atomic E-state index is 11.8. The highest BCUT2D eigenvalue weighted by atomic mass is 16.6. The standard InChI is InChI=1S/C17H32N2O2/c1-11(2)12-8-6-7-9-13(12)18-14-10-15(14)19-16(20)21-17(3,4)5/h11-15,18H,6-10H2,1-5H3,(H,19,20). The van der Waals surface area contributed by atoms with E-state index in [1.54, 1.807) is 0 Å². The Balaban J connectivity index is 1.74. The molecule has 2 rings (SSSR count). The minimum atomic E-state index is -0.423. The van der Waals surface area contributed by atoms with Crippen LogP contribution in [0.15, 0.2) is 0 Å². The van der Waals surface area contributed by atoms with Gasteiger partial charge in [0.25, 0.3) is 0 Å². The van der Waals surface area contributed by atoms with Crippen molar-refractivity contribution in [2.24, 2.45) is 11.8 Å². The molecule has 2 aliphatic carbocycles. The van der Waals surface area contributed by atoms with Gasteiger partial charge in [0.1, 0.15) is 5.60 Å². The molecule has 0 heterocycles. The molecule has 2 N–H and O–H groups in total. The molecule has 0 spiro atoms. The molecule has 4 heteroatoms. The van der Waals surface area contributed by atoms with E-state index in [0.29, 0.717) is 12.1 Å². The van der Waals surface area contributed by atoms with E-state index in [2.05, 4.69) is 24.5 Å². The number of amides is 1. The van der Waals surface area contributed by atoms with E-state index in [0.717, 1.165) is 18.3 Å². The van der Waals surface area contributed by atoms with Crippen molar-refractivity contribution in [3.05, 3.63) is 0 Å². The second-order valence-electron chi connectivity index (χ2n) is 8.06. The molecule has 2 fully saturated rings. The third-order valence-electron chi connectivity index (χ3n) is 4.60. The Morgan fingerprint density at radius 1 is 1.10 bits per heavy atom. The van der Waals surface area contributed by atoms with Crippen LogP contribution >= 0.6 is 0 Å². The number of nitrogens with one attached hydrogen (secondary N) is 2. The third-order valence-corrected chi connectivity index (χ3v) is 4.60. The first-order chi connectivity index (χ1) is 9.76. The van der Waals surface area contributed by atoms with Crippen LogP contribution in [0.1, 0.15) is 66.7 Å². The van der Waals surface area contributed by atoms with Crippen LogP contribution in [0.5, 0.6) is 0 Å². The molecule has 2 aliphatic rings. The van der Waals surface area contributed by atoms with Crippen LogP contribution in [0.25, 0.3) is 0 Å². The van der Waals surface area contributed by atoms with E-state index < -0.39 is 5.60 Å². The topological polar surface area (TPSA) is 50.4 Å².